The third-order valence-corrected chi connectivity index (χ3v) is 6.31. The Hall–Kier alpha value is -1.91. The maximum absolute atomic E-state index is 13.2. The third kappa shape index (κ3) is 4.23. The molecule has 1 unspecified atom stereocenters. The molecular weight excluding hydrogens is 353 g/mol. The summed E-state index contributed by atoms with van der Waals surface area (Å²) in [5.74, 6) is 0.866. The van der Waals surface area contributed by atoms with Gasteiger partial charge in [0.05, 0.1) is 13.2 Å². The first-order chi connectivity index (χ1) is 13.7. The lowest BCUT2D eigenvalue weighted by Gasteiger charge is -2.35. The van der Waals surface area contributed by atoms with Gasteiger partial charge < -0.3 is 9.47 Å². The van der Waals surface area contributed by atoms with Gasteiger partial charge in [-0.25, -0.2) is 4.39 Å². The number of hydrogen-bond acceptors (Lipinski definition) is 3. The fourth-order valence-electron chi connectivity index (χ4n) is 4.71. The number of halogens is 1. The fraction of sp³-hybridized carbons (Fsp3) is 0.500. The van der Waals surface area contributed by atoms with Crippen LogP contribution >= 0.6 is 0 Å². The van der Waals surface area contributed by atoms with Crippen molar-refractivity contribution in [1.82, 2.24) is 4.90 Å². The van der Waals surface area contributed by atoms with E-state index in [4.69, 9.17) is 9.47 Å². The predicted octanol–water partition coefficient (Wildman–Crippen LogP) is 5.01. The van der Waals surface area contributed by atoms with Crippen molar-refractivity contribution in [1.29, 1.82) is 0 Å². The van der Waals surface area contributed by atoms with Gasteiger partial charge in [0.25, 0.3) is 0 Å². The highest BCUT2D eigenvalue weighted by atomic mass is 19.1. The summed E-state index contributed by atoms with van der Waals surface area (Å²) in [5, 5.41) is 0. The number of fused-ring (bicyclic) bond motifs is 1. The average molecular weight is 384 g/mol. The van der Waals surface area contributed by atoms with Crippen LogP contribution < -0.4 is 4.74 Å². The van der Waals surface area contributed by atoms with E-state index in [1.54, 1.807) is 12.1 Å². The zero-order chi connectivity index (χ0) is 19.4. The molecule has 0 aromatic heterocycles. The lowest BCUT2D eigenvalue weighted by Crippen LogP contribution is -2.35. The number of rotatable bonds is 7. The van der Waals surface area contributed by atoms with Crippen LogP contribution in [0, 0.1) is 11.2 Å². The fourth-order valence-corrected chi connectivity index (χ4v) is 4.71. The minimum atomic E-state index is -0.169. The van der Waals surface area contributed by atoms with Crippen molar-refractivity contribution in [3.05, 3.63) is 65.5 Å². The van der Waals surface area contributed by atoms with Crippen LogP contribution in [-0.2, 0) is 11.2 Å². The lowest BCUT2D eigenvalue weighted by molar-refractivity contribution is 0.0436. The Bertz CT molecular complexity index is 778. The molecule has 0 N–H and O–H groups in total. The first-order valence-electron chi connectivity index (χ1n) is 10.5. The Morgan fingerprint density at radius 2 is 2.00 bits per heavy atom. The molecular formula is C24H30FNO2. The topological polar surface area (TPSA) is 21.7 Å². The van der Waals surface area contributed by atoms with Gasteiger partial charge >= 0.3 is 0 Å². The molecule has 1 saturated heterocycles. The number of aryl methyl sites for hydroxylation is 1. The highest BCUT2D eigenvalue weighted by Gasteiger charge is 2.41. The molecule has 0 spiro atoms. The average Bonchev–Trinajstić information content (AvgIpc) is 3.16. The number of likely N-dealkylation sites (tertiary alicyclic amines) is 1. The number of ether oxygens (including phenoxy) is 2. The summed E-state index contributed by atoms with van der Waals surface area (Å²) in [6.07, 6.45) is 4.22. The van der Waals surface area contributed by atoms with Crippen LogP contribution in [0.1, 0.15) is 43.4 Å². The van der Waals surface area contributed by atoms with Crippen LogP contribution in [0.25, 0.3) is 0 Å². The molecule has 28 heavy (non-hydrogen) atoms. The van der Waals surface area contributed by atoms with Gasteiger partial charge in [0.2, 0.25) is 0 Å². The quantitative estimate of drug-likeness (QED) is 0.671. The third-order valence-electron chi connectivity index (χ3n) is 6.31. The van der Waals surface area contributed by atoms with E-state index in [1.165, 1.54) is 11.1 Å². The molecule has 2 aromatic carbocycles. The minimum absolute atomic E-state index is 0.164. The van der Waals surface area contributed by atoms with E-state index < -0.39 is 0 Å². The molecule has 0 radical (unpaired) electrons. The van der Waals surface area contributed by atoms with Gasteiger partial charge in [-0.15, -0.1) is 0 Å². The van der Waals surface area contributed by atoms with Gasteiger partial charge in [0, 0.05) is 36.6 Å². The zero-order valence-corrected chi connectivity index (χ0v) is 16.7. The molecule has 0 saturated carbocycles. The van der Waals surface area contributed by atoms with E-state index in [2.05, 4.69) is 30.0 Å². The Morgan fingerprint density at radius 3 is 2.82 bits per heavy atom. The molecule has 150 valence electrons. The van der Waals surface area contributed by atoms with E-state index in [0.29, 0.717) is 6.04 Å². The van der Waals surface area contributed by atoms with Crippen molar-refractivity contribution in [2.75, 3.05) is 32.9 Å². The van der Waals surface area contributed by atoms with Crippen LogP contribution in [0.4, 0.5) is 4.39 Å². The number of nitrogens with zero attached hydrogens (tertiary/aromatic N) is 1. The summed E-state index contributed by atoms with van der Waals surface area (Å²) in [6, 6.07) is 15.8. The minimum Gasteiger partial charge on any atom is -0.493 e. The largest absolute Gasteiger partial charge is 0.493 e. The van der Waals surface area contributed by atoms with Crippen molar-refractivity contribution in [2.24, 2.45) is 5.41 Å². The highest BCUT2D eigenvalue weighted by molar-refractivity contribution is 5.37. The van der Waals surface area contributed by atoms with E-state index >= 15 is 0 Å². The molecule has 2 atom stereocenters. The van der Waals surface area contributed by atoms with Gasteiger partial charge in [-0.05, 0) is 56.5 Å². The normalized spacial score (nSPS) is 24.7. The number of hydrogen-bond donors (Lipinski definition) is 0. The van der Waals surface area contributed by atoms with Gasteiger partial charge in [-0.3, -0.25) is 4.90 Å². The molecule has 3 nitrogen and oxygen atoms in total. The first kappa shape index (κ1) is 19.4. The maximum atomic E-state index is 13.2. The van der Waals surface area contributed by atoms with Crippen LogP contribution in [0.5, 0.6) is 5.75 Å². The van der Waals surface area contributed by atoms with Crippen LogP contribution in [0.2, 0.25) is 0 Å². The number of benzene rings is 2. The maximum Gasteiger partial charge on any atom is 0.124 e. The second kappa shape index (κ2) is 8.62. The van der Waals surface area contributed by atoms with Crippen molar-refractivity contribution >= 4 is 0 Å². The Labute approximate surface area is 167 Å². The Balaban J connectivity index is 1.47. The van der Waals surface area contributed by atoms with Crippen molar-refractivity contribution < 1.29 is 13.9 Å². The SMILES string of the molecule is CCOC[C@]1(CCc2ccc(F)cc2)CCN(C2CCOc3ccccc32)C1. The van der Waals surface area contributed by atoms with Gasteiger partial charge in [0.1, 0.15) is 11.6 Å². The molecule has 0 amide bonds. The van der Waals surface area contributed by atoms with Crippen LogP contribution in [0.15, 0.2) is 48.5 Å². The molecule has 2 aliphatic heterocycles. The lowest BCUT2D eigenvalue weighted by atomic mass is 9.82. The molecule has 0 bridgehead atoms. The first-order valence-corrected chi connectivity index (χ1v) is 10.5. The summed E-state index contributed by atoms with van der Waals surface area (Å²) in [6.45, 7) is 6.54. The van der Waals surface area contributed by atoms with Gasteiger partial charge in [0.15, 0.2) is 0 Å². The molecule has 4 rings (SSSR count). The van der Waals surface area contributed by atoms with Gasteiger partial charge in [-0.1, -0.05) is 30.3 Å². The summed E-state index contributed by atoms with van der Waals surface area (Å²) in [4.78, 5) is 2.63. The second-order valence-corrected chi connectivity index (χ2v) is 8.17. The summed E-state index contributed by atoms with van der Waals surface area (Å²) < 4.78 is 25.0. The molecule has 2 heterocycles. The van der Waals surface area contributed by atoms with E-state index in [-0.39, 0.29) is 11.2 Å². The second-order valence-electron chi connectivity index (χ2n) is 8.17. The molecule has 1 fully saturated rings. The molecule has 2 aliphatic rings. The predicted molar refractivity (Wildman–Crippen MR) is 109 cm³/mol. The summed E-state index contributed by atoms with van der Waals surface area (Å²) in [5.41, 5.74) is 2.68. The summed E-state index contributed by atoms with van der Waals surface area (Å²) >= 11 is 0. The van der Waals surface area contributed by atoms with Crippen LogP contribution in [-0.4, -0.2) is 37.8 Å². The van der Waals surface area contributed by atoms with E-state index in [1.807, 2.05) is 18.2 Å². The van der Waals surface area contributed by atoms with E-state index in [9.17, 15) is 4.39 Å². The highest BCUT2D eigenvalue weighted by Crippen LogP contribution is 2.43. The van der Waals surface area contributed by atoms with Gasteiger partial charge in [-0.2, -0.15) is 0 Å². The van der Waals surface area contributed by atoms with Crippen molar-refractivity contribution in [3.8, 4) is 5.75 Å². The monoisotopic (exact) mass is 383 g/mol. The Kier molecular flexibility index (Phi) is 5.98. The zero-order valence-electron chi connectivity index (χ0n) is 16.7. The van der Waals surface area contributed by atoms with Crippen molar-refractivity contribution in [2.45, 2.75) is 38.6 Å². The van der Waals surface area contributed by atoms with Crippen LogP contribution in [0.3, 0.4) is 0 Å². The molecule has 0 aliphatic carbocycles. The molecule has 4 heteroatoms. The Morgan fingerprint density at radius 1 is 1.18 bits per heavy atom. The number of para-hydroxylation sites is 1. The standard InChI is InChI=1S/C24H30FNO2/c1-2-27-18-24(13-11-19-7-9-20(25)10-8-19)14-15-26(17-24)22-12-16-28-23-6-4-3-5-21(22)23/h3-10,22H,2,11-18H2,1H3/t22?,24-/m1/s1. The smallest absolute Gasteiger partial charge is 0.124 e. The summed E-state index contributed by atoms with van der Waals surface area (Å²) in [7, 11) is 0. The van der Waals surface area contributed by atoms with E-state index in [0.717, 1.165) is 64.3 Å². The van der Waals surface area contributed by atoms with Crippen molar-refractivity contribution in [3.63, 3.8) is 0 Å². The molecule has 2 aromatic rings.